The van der Waals surface area contributed by atoms with Crippen LogP contribution in [-0.4, -0.2) is 10.9 Å². The van der Waals surface area contributed by atoms with E-state index >= 15 is 0 Å². The zero-order valence-corrected chi connectivity index (χ0v) is 8.49. The van der Waals surface area contributed by atoms with Gasteiger partial charge in [-0.1, -0.05) is 29.3 Å². The molecule has 0 saturated carbocycles. The average Bonchev–Trinajstić information content (AvgIpc) is 2.56. The molecule has 0 unspecified atom stereocenters. The highest BCUT2D eigenvalue weighted by Crippen LogP contribution is 2.30. The van der Waals surface area contributed by atoms with Gasteiger partial charge in [-0.05, 0) is 12.1 Å². The van der Waals surface area contributed by atoms with Gasteiger partial charge >= 0.3 is 0 Å². The van der Waals surface area contributed by atoms with E-state index in [1.807, 2.05) is 0 Å². The number of H-pyrrole nitrogens is 1. The van der Waals surface area contributed by atoms with Crippen LogP contribution >= 0.6 is 23.2 Å². The van der Waals surface area contributed by atoms with Gasteiger partial charge in [0.25, 0.3) is 5.91 Å². The lowest BCUT2D eigenvalue weighted by Crippen LogP contribution is -2.10. The maximum atomic E-state index is 10.9. The predicted octanol–water partition coefficient (Wildman–Crippen LogP) is 2.57. The summed E-state index contributed by atoms with van der Waals surface area (Å²) in [5, 5.41) is 1.65. The van der Waals surface area contributed by atoms with Gasteiger partial charge < -0.3 is 10.7 Å². The summed E-state index contributed by atoms with van der Waals surface area (Å²) < 4.78 is 0. The summed E-state index contributed by atoms with van der Waals surface area (Å²) >= 11 is 11.7. The molecule has 1 heterocycles. The molecule has 1 aromatic heterocycles. The third-order valence-corrected chi connectivity index (χ3v) is 2.76. The first-order valence-electron chi connectivity index (χ1n) is 3.86. The molecule has 0 aliphatic carbocycles. The molecule has 5 heteroatoms. The summed E-state index contributed by atoms with van der Waals surface area (Å²) in [7, 11) is 0. The zero-order valence-electron chi connectivity index (χ0n) is 6.97. The Hall–Kier alpha value is -1.19. The normalized spacial score (nSPS) is 10.7. The van der Waals surface area contributed by atoms with Crippen molar-refractivity contribution in [1.29, 1.82) is 0 Å². The van der Waals surface area contributed by atoms with E-state index < -0.39 is 5.91 Å². The molecule has 2 aromatic rings. The lowest BCUT2D eigenvalue weighted by Gasteiger charge is -1.95. The van der Waals surface area contributed by atoms with Crippen LogP contribution in [0, 0.1) is 0 Å². The number of primary amides is 1. The molecular formula is C9H6Cl2N2O. The Morgan fingerprint density at radius 3 is 2.71 bits per heavy atom. The summed E-state index contributed by atoms with van der Waals surface area (Å²) in [4.78, 5) is 13.7. The Kier molecular flexibility index (Phi) is 2.13. The molecular weight excluding hydrogens is 223 g/mol. The number of rotatable bonds is 1. The second kappa shape index (κ2) is 3.19. The largest absolute Gasteiger partial charge is 0.364 e. The van der Waals surface area contributed by atoms with Crippen LogP contribution < -0.4 is 5.73 Å². The quantitative estimate of drug-likeness (QED) is 0.775. The number of nitrogens with one attached hydrogen (secondary N) is 1. The van der Waals surface area contributed by atoms with Crippen molar-refractivity contribution in [2.45, 2.75) is 0 Å². The summed E-state index contributed by atoms with van der Waals surface area (Å²) in [6.45, 7) is 0. The summed E-state index contributed by atoms with van der Waals surface area (Å²) in [5.74, 6) is -0.520. The average molecular weight is 229 g/mol. The molecule has 2 rings (SSSR count). The molecule has 0 bridgehead atoms. The van der Waals surface area contributed by atoms with E-state index in [1.54, 1.807) is 18.2 Å². The topological polar surface area (TPSA) is 58.9 Å². The first kappa shape index (κ1) is 9.37. The summed E-state index contributed by atoms with van der Waals surface area (Å²) in [6.07, 6.45) is 0. The molecule has 0 aliphatic heterocycles. The molecule has 72 valence electrons. The van der Waals surface area contributed by atoms with E-state index in [0.29, 0.717) is 21.3 Å². The fourth-order valence-corrected chi connectivity index (χ4v) is 1.65. The van der Waals surface area contributed by atoms with Gasteiger partial charge in [-0.3, -0.25) is 4.79 Å². The molecule has 0 saturated heterocycles. The minimum atomic E-state index is -0.520. The van der Waals surface area contributed by atoms with E-state index in [4.69, 9.17) is 28.9 Å². The number of nitrogens with two attached hydrogens (primary N) is 1. The third-order valence-electron chi connectivity index (χ3n) is 1.95. The smallest absolute Gasteiger partial charge is 0.265 e. The van der Waals surface area contributed by atoms with Gasteiger partial charge in [0.15, 0.2) is 0 Å². The van der Waals surface area contributed by atoms with E-state index in [-0.39, 0.29) is 0 Å². The maximum Gasteiger partial charge on any atom is 0.265 e. The van der Waals surface area contributed by atoms with Gasteiger partial charge in [0.1, 0.15) is 5.69 Å². The van der Waals surface area contributed by atoms with Crippen molar-refractivity contribution < 1.29 is 4.79 Å². The lowest BCUT2D eigenvalue weighted by atomic mass is 10.2. The number of carbonyl (C=O) groups excluding carboxylic acids is 1. The minimum Gasteiger partial charge on any atom is -0.364 e. The fourth-order valence-electron chi connectivity index (χ4n) is 1.27. The molecule has 0 fully saturated rings. The lowest BCUT2D eigenvalue weighted by molar-refractivity contribution is 0.0996. The minimum absolute atomic E-state index is 0.323. The van der Waals surface area contributed by atoms with E-state index in [9.17, 15) is 4.79 Å². The van der Waals surface area contributed by atoms with Crippen LogP contribution in [0.5, 0.6) is 0 Å². The Balaban J connectivity index is 2.77. The molecule has 0 spiro atoms. The summed E-state index contributed by atoms with van der Waals surface area (Å²) in [6, 6.07) is 5.08. The molecule has 0 radical (unpaired) electrons. The Bertz CT molecular complexity index is 519. The number of hydrogen-bond donors (Lipinski definition) is 2. The number of halogens is 2. The Labute approximate surface area is 89.8 Å². The molecule has 14 heavy (non-hydrogen) atoms. The second-order valence-corrected chi connectivity index (χ2v) is 3.66. The van der Waals surface area contributed by atoms with Crippen molar-refractivity contribution in [2.75, 3.05) is 0 Å². The molecule has 3 N–H and O–H groups in total. The number of aromatic amines is 1. The first-order chi connectivity index (χ1) is 6.59. The highest BCUT2D eigenvalue weighted by atomic mass is 35.5. The molecule has 3 nitrogen and oxygen atoms in total. The number of hydrogen-bond acceptors (Lipinski definition) is 1. The summed E-state index contributed by atoms with van der Waals surface area (Å²) in [5.41, 5.74) is 6.08. The molecule has 0 aliphatic rings. The fraction of sp³-hybridized carbons (Fsp3) is 0. The van der Waals surface area contributed by atoms with Crippen molar-refractivity contribution in [3.05, 3.63) is 33.9 Å². The third kappa shape index (κ3) is 1.35. The highest BCUT2D eigenvalue weighted by Gasteiger charge is 2.09. The van der Waals surface area contributed by atoms with Crippen LogP contribution in [-0.2, 0) is 0 Å². The monoisotopic (exact) mass is 228 g/mol. The van der Waals surface area contributed by atoms with Crippen LogP contribution in [0.3, 0.4) is 0 Å². The van der Waals surface area contributed by atoms with E-state index in [1.165, 1.54) is 0 Å². The molecule has 0 atom stereocenters. The standard InChI is InChI=1S/C9H6Cl2N2O/c10-5-2-1-4-3-6(9(12)14)13-8(4)7(5)11/h1-3,13H,(H2,12,14). The SMILES string of the molecule is NC(=O)c1cc2ccc(Cl)c(Cl)c2[nH]1. The highest BCUT2D eigenvalue weighted by molar-refractivity contribution is 6.45. The van der Waals surface area contributed by atoms with Gasteiger partial charge in [0.05, 0.1) is 15.6 Å². The number of aromatic nitrogens is 1. The van der Waals surface area contributed by atoms with Crippen molar-refractivity contribution in [3.63, 3.8) is 0 Å². The van der Waals surface area contributed by atoms with Crippen molar-refractivity contribution >= 4 is 40.0 Å². The van der Waals surface area contributed by atoms with Crippen LogP contribution in [0.2, 0.25) is 10.0 Å². The zero-order chi connectivity index (χ0) is 10.3. The molecule has 1 aromatic carbocycles. The van der Waals surface area contributed by atoms with Crippen molar-refractivity contribution in [3.8, 4) is 0 Å². The predicted molar refractivity (Wildman–Crippen MR) is 56.8 cm³/mol. The second-order valence-electron chi connectivity index (χ2n) is 2.87. The Morgan fingerprint density at radius 1 is 1.36 bits per heavy atom. The Morgan fingerprint density at radius 2 is 2.07 bits per heavy atom. The van der Waals surface area contributed by atoms with E-state index in [0.717, 1.165) is 5.39 Å². The van der Waals surface area contributed by atoms with Crippen LogP contribution in [0.1, 0.15) is 10.5 Å². The van der Waals surface area contributed by atoms with Crippen molar-refractivity contribution in [2.24, 2.45) is 5.73 Å². The van der Waals surface area contributed by atoms with Gasteiger partial charge in [-0.15, -0.1) is 0 Å². The maximum absolute atomic E-state index is 10.9. The van der Waals surface area contributed by atoms with Crippen LogP contribution in [0.25, 0.3) is 10.9 Å². The number of fused-ring (bicyclic) bond motifs is 1. The van der Waals surface area contributed by atoms with Gasteiger partial charge in [-0.25, -0.2) is 0 Å². The number of carbonyl (C=O) groups is 1. The molecule has 1 amide bonds. The van der Waals surface area contributed by atoms with Crippen LogP contribution in [0.15, 0.2) is 18.2 Å². The van der Waals surface area contributed by atoms with Crippen molar-refractivity contribution in [1.82, 2.24) is 4.98 Å². The van der Waals surface area contributed by atoms with Gasteiger partial charge in [0.2, 0.25) is 0 Å². The number of amides is 1. The van der Waals surface area contributed by atoms with Gasteiger partial charge in [0, 0.05) is 5.39 Å². The first-order valence-corrected chi connectivity index (χ1v) is 4.61. The van der Waals surface area contributed by atoms with Crippen LogP contribution in [0.4, 0.5) is 0 Å². The van der Waals surface area contributed by atoms with Gasteiger partial charge in [-0.2, -0.15) is 0 Å². The van der Waals surface area contributed by atoms with E-state index in [2.05, 4.69) is 4.98 Å². The number of benzene rings is 1.